The number of carboxylic acid groups (broad SMARTS) is 1. The lowest BCUT2D eigenvalue weighted by Crippen LogP contribution is -1.96. The van der Waals surface area contributed by atoms with E-state index in [9.17, 15) is 4.79 Å². The van der Waals surface area contributed by atoms with Gasteiger partial charge in [0.05, 0.1) is 11.0 Å². The zero-order valence-electron chi connectivity index (χ0n) is 12.5. The van der Waals surface area contributed by atoms with Crippen molar-refractivity contribution in [3.05, 3.63) is 47.8 Å². The van der Waals surface area contributed by atoms with Crippen molar-refractivity contribution in [1.82, 2.24) is 9.97 Å². The van der Waals surface area contributed by atoms with Gasteiger partial charge >= 0.3 is 5.97 Å². The molecule has 0 aliphatic heterocycles. The van der Waals surface area contributed by atoms with Crippen LogP contribution in [0.15, 0.2) is 36.7 Å². The van der Waals surface area contributed by atoms with Crippen LogP contribution in [0.3, 0.4) is 0 Å². The molecule has 2 heterocycles. The number of hydrogen-bond acceptors (Lipinski definition) is 3. The molecule has 0 radical (unpaired) electrons. The first-order valence-corrected chi connectivity index (χ1v) is 7.50. The minimum atomic E-state index is -0.731. The second-order valence-electron chi connectivity index (χ2n) is 5.56. The average molecular weight is 294 g/mol. The highest BCUT2D eigenvalue weighted by atomic mass is 16.4. The van der Waals surface area contributed by atoms with Gasteiger partial charge in [0.2, 0.25) is 0 Å². The minimum Gasteiger partial charge on any atom is -0.481 e. The van der Waals surface area contributed by atoms with Crippen molar-refractivity contribution in [2.24, 2.45) is 0 Å². The SMILES string of the molecule is Cc1ccnc2c1ccc1c(CCCCC(=O)O)ccnc12. The van der Waals surface area contributed by atoms with Crippen LogP contribution in [-0.2, 0) is 11.2 Å². The number of hydrogen-bond donors (Lipinski definition) is 1. The molecule has 0 spiro atoms. The number of rotatable bonds is 5. The molecule has 4 heteroatoms. The molecule has 0 saturated carbocycles. The maximum atomic E-state index is 10.6. The Morgan fingerprint density at radius 1 is 1.00 bits per heavy atom. The molecule has 0 saturated heterocycles. The van der Waals surface area contributed by atoms with E-state index in [1.807, 2.05) is 24.5 Å². The summed E-state index contributed by atoms with van der Waals surface area (Å²) in [6.07, 6.45) is 6.29. The number of carbonyl (C=O) groups is 1. The number of fused-ring (bicyclic) bond motifs is 3. The summed E-state index contributed by atoms with van der Waals surface area (Å²) in [5, 5.41) is 11.0. The Morgan fingerprint density at radius 2 is 1.68 bits per heavy atom. The first-order chi connectivity index (χ1) is 10.7. The third-order valence-corrected chi connectivity index (χ3v) is 4.02. The van der Waals surface area contributed by atoms with Crippen LogP contribution in [0.5, 0.6) is 0 Å². The Morgan fingerprint density at radius 3 is 2.45 bits per heavy atom. The summed E-state index contributed by atoms with van der Waals surface area (Å²) in [4.78, 5) is 19.6. The smallest absolute Gasteiger partial charge is 0.303 e. The van der Waals surface area contributed by atoms with Crippen LogP contribution < -0.4 is 0 Å². The molecule has 0 atom stereocenters. The van der Waals surface area contributed by atoms with Gasteiger partial charge in [-0.05, 0) is 49.4 Å². The summed E-state index contributed by atoms with van der Waals surface area (Å²) in [6, 6.07) is 8.23. The number of nitrogens with zero attached hydrogens (tertiary/aromatic N) is 2. The first kappa shape index (κ1) is 14.4. The maximum Gasteiger partial charge on any atom is 0.303 e. The lowest BCUT2D eigenvalue weighted by atomic mass is 10.00. The van der Waals surface area contributed by atoms with E-state index < -0.39 is 5.97 Å². The van der Waals surface area contributed by atoms with E-state index in [1.165, 1.54) is 11.1 Å². The van der Waals surface area contributed by atoms with Gasteiger partial charge in [0.15, 0.2) is 0 Å². The Balaban J connectivity index is 1.97. The molecule has 0 bridgehead atoms. The minimum absolute atomic E-state index is 0.229. The van der Waals surface area contributed by atoms with Gasteiger partial charge < -0.3 is 5.11 Å². The molecule has 0 aliphatic rings. The maximum absolute atomic E-state index is 10.6. The Kier molecular flexibility index (Phi) is 4.00. The van der Waals surface area contributed by atoms with Crippen LogP contribution in [0.1, 0.15) is 30.4 Å². The standard InChI is InChI=1S/C18H18N2O2/c1-12-8-10-19-17-14(12)6-7-15-13(9-11-20-18(15)17)4-2-3-5-16(21)22/h6-11H,2-5H2,1H3,(H,21,22). The van der Waals surface area contributed by atoms with Gasteiger partial charge in [-0.2, -0.15) is 0 Å². The van der Waals surface area contributed by atoms with Crippen molar-refractivity contribution < 1.29 is 9.90 Å². The summed E-state index contributed by atoms with van der Waals surface area (Å²) < 4.78 is 0. The average Bonchev–Trinajstić information content (AvgIpc) is 2.51. The normalized spacial score (nSPS) is 11.1. The molecule has 0 unspecified atom stereocenters. The molecular formula is C18H18N2O2. The van der Waals surface area contributed by atoms with Crippen molar-refractivity contribution >= 4 is 27.8 Å². The second kappa shape index (κ2) is 6.10. The van der Waals surface area contributed by atoms with Gasteiger partial charge in [-0.25, -0.2) is 0 Å². The topological polar surface area (TPSA) is 63.1 Å². The van der Waals surface area contributed by atoms with E-state index in [-0.39, 0.29) is 6.42 Å². The van der Waals surface area contributed by atoms with Crippen LogP contribution in [0.2, 0.25) is 0 Å². The number of unbranched alkanes of at least 4 members (excludes halogenated alkanes) is 1. The summed E-state index contributed by atoms with van der Waals surface area (Å²) in [6.45, 7) is 2.07. The number of pyridine rings is 2. The highest BCUT2D eigenvalue weighted by Crippen LogP contribution is 2.27. The third-order valence-electron chi connectivity index (χ3n) is 4.02. The monoisotopic (exact) mass is 294 g/mol. The van der Waals surface area contributed by atoms with E-state index >= 15 is 0 Å². The van der Waals surface area contributed by atoms with Crippen molar-refractivity contribution in [3.8, 4) is 0 Å². The number of carboxylic acids is 1. The molecule has 1 aromatic carbocycles. The zero-order chi connectivity index (χ0) is 15.5. The quantitative estimate of drug-likeness (QED) is 0.573. The molecule has 3 aromatic rings. The third kappa shape index (κ3) is 2.77. The van der Waals surface area contributed by atoms with Crippen molar-refractivity contribution in [2.75, 3.05) is 0 Å². The first-order valence-electron chi connectivity index (χ1n) is 7.50. The lowest BCUT2D eigenvalue weighted by molar-refractivity contribution is -0.137. The number of aromatic nitrogens is 2. The highest BCUT2D eigenvalue weighted by Gasteiger charge is 2.08. The number of aryl methyl sites for hydroxylation is 2. The van der Waals surface area contributed by atoms with E-state index in [2.05, 4.69) is 29.0 Å². The van der Waals surface area contributed by atoms with Crippen molar-refractivity contribution in [3.63, 3.8) is 0 Å². The molecule has 112 valence electrons. The van der Waals surface area contributed by atoms with E-state index in [1.54, 1.807) is 0 Å². The molecular weight excluding hydrogens is 276 g/mol. The van der Waals surface area contributed by atoms with E-state index in [4.69, 9.17) is 5.11 Å². The van der Waals surface area contributed by atoms with Gasteiger partial charge in [-0.3, -0.25) is 14.8 Å². The fraction of sp³-hybridized carbons (Fsp3) is 0.278. The van der Waals surface area contributed by atoms with Gasteiger partial charge in [0.25, 0.3) is 0 Å². The van der Waals surface area contributed by atoms with Crippen LogP contribution in [0.4, 0.5) is 0 Å². The van der Waals surface area contributed by atoms with E-state index in [0.29, 0.717) is 6.42 Å². The summed E-state index contributed by atoms with van der Waals surface area (Å²) >= 11 is 0. The fourth-order valence-electron chi connectivity index (χ4n) is 2.83. The number of aliphatic carboxylic acids is 1. The summed E-state index contributed by atoms with van der Waals surface area (Å²) in [5.41, 5.74) is 4.27. The van der Waals surface area contributed by atoms with E-state index in [0.717, 1.165) is 34.6 Å². The van der Waals surface area contributed by atoms with Crippen LogP contribution >= 0.6 is 0 Å². The number of benzene rings is 1. The van der Waals surface area contributed by atoms with Crippen molar-refractivity contribution in [2.45, 2.75) is 32.6 Å². The molecule has 2 aromatic heterocycles. The second-order valence-corrected chi connectivity index (χ2v) is 5.56. The predicted molar refractivity (Wildman–Crippen MR) is 87.0 cm³/mol. The van der Waals surface area contributed by atoms with Gasteiger partial charge in [-0.1, -0.05) is 12.1 Å². The summed E-state index contributed by atoms with van der Waals surface area (Å²) in [5.74, 6) is -0.731. The van der Waals surface area contributed by atoms with Crippen LogP contribution in [-0.4, -0.2) is 21.0 Å². The lowest BCUT2D eigenvalue weighted by Gasteiger charge is -2.09. The van der Waals surface area contributed by atoms with Gasteiger partial charge in [-0.15, -0.1) is 0 Å². The van der Waals surface area contributed by atoms with Gasteiger partial charge in [0, 0.05) is 29.6 Å². The molecule has 3 rings (SSSR count). The molecule has 22 heavy (non-hydrogen) atoms. The fourth-order valence-corrected chi connectivity index (χ4v) is 2.83. The largest absolute Gasteiger partial charge is 0.481 e. The molecule has 0 amide bonds. The molecule has 1 N–H and O–H groups in total. The van der Waals surface area contributed by atoms with Crippen LogP contribution in [0.25, 0.3) is 21.8 Å². The van der Waals surface area contributed by atoms with Crippen molar-refractivity contribution in [1.29, 1.82) is 0 Å². The zero-order valence-corrected chi connectivity index (χ0v) is 12.5. The predicted octanol–water partition coefficient (Wildman–Crippen LogP) is 3.89. The van der Waals surface area contributed by atoms with Gasteiger partial charge in [0.1, 0.15) is 0 Å². The summed E-state index contributed by atoms with van der Waals surface area (Å²) in [7, 11) is 0. The Labute approximate surface area is 128 Å². The molecule has 0 fully saturated rings. The Hall–Kier alpha value is -2.49. The van der Waals surface area contributed by atoms with Crippen LogP contribution in [0, 0.1) is 6.92 Å². The molecule has 0 aliphatic carbocycles. The Bertz CT molecular complexity index is 843. The highest BCUT2D eigenvalue weighted by molar-refractivity contribution is 6.04. The molecule has 4 nitrogen and oxygen atoms in total.